The molecule has 0 spiro atoms. The van der Waals surface area contributed by atoms with Crippen LogP contribution in [0.4, 0.5) is 0 Å². The molecule has 3 aromatic rings. The number of fused-ring (bicyclic) bond motifs is 1. The van der Waals surface area contributed by atoms with E-state index in [-0.39, 0.29) is 24.0 Å². The maximum atomic E-state index is 11.7. The van der Waals surface area contributed by atoms with Crippen molar-refractivity contribution in [3.63, 3.8) is 0 Å². The van der Waals surface area contributed by atoms with E-state index in [2.05, 4.69) is 20.6 Å². The minimum absolute atomic E-state index is 0. The highest BCUT2D eigenvalue weighted by molar-refractivity contribution is 14.0. The average Bonchev–Trinajstić information content (AvgIpc) is 3.17. The van der Waals surface area contributed by atoms with Crippen LogP contribution in [0.25, 0.3) is 4.96 Å². The fraction of sp³-hybridized carbons (Fsp3) is 0.333. The third-order valence-electron chi connectivity index (χ3n) is 3.98. The van der Waals surface area contributed by atoms with E-state index in [1.807, 2.05) is 35.2 Å². The number of hydrogen-bond donors (Lipinski definition) is 2. The van der Waals surface area contributed by atoms with Gasteiger partial charge in [0.2, 0.25) is 0 Å². The maximum Gasteiger partial charge on any atom is 0.193 e. The molecule has 0 aliphatic heterocycles. The second-order valence-corrected chi connectivity index (χ2v) is 9.10. The van der Waals surface area contributed by atoms with Gasteiger partial charge in [0.05, 0.1) is 23.7 Å². The van der Waals surface area contributed by atoms with Crippen molar-refractivity contribution in [2.24, 2.45) is 4.99 Å². The summed E-state index contributed by atoms with van der Waals surface area (Å²) in [5, 5.41) is 8.49. The second-order valence-electron chi connectivity index (χ2n) is 6.25. The van der Waals surface area contributed by atoms with Crippen LogP contribution in [-0.4, -0.2) is 36.6 Å². The molecule has 2 heterocycles. The lowest BCUT2D eigenvalue weighted by atomic mass is 10.1. The summed E-state index contributed by atoms with van der Waals surface area (Å²) in [6.07, 6.45) is 5.20. The first-order valence-electron chi connectivity index (χ1n) is 8.59. The Morgan fingerprint density at radius 3 is 2.75 bits per heavy atom. The minimum atomic E-state index is -3.20. The van der Waals surface area contributed by atoms with Gasteiger partial charge in [0.15, 0.2) is 20.8 Å². The van der Waals surface area contributed by atoms with Crippen LogP contribution < -0.4 is 10.6 Å². The van der Waals surface area contributed by atoms with Crippen LogP contribution in [0.15, 0.2) is 45.9 Å². The van der Waals surface area contributed by atoms with Crippen LogP contribution in [0, 0.1) is 6.92 Å². The van der Waals surface area contributed by atoms with Crippen LogP contribution >= 0.6 is 35.3 Å². The molecule has 3 rings (SSSR count). The molecule has 0 amide bonds. The molecule has 0 saturated carbocycles. The van der Waals surface area contributed by atoms with Gasteiger partial charge in [0, 0.05) is 30.6 Å². The molecule has 7 nitrogen and oxygen atoms in total. The first-order valence-corrected chi connectivity index (χ1v) is 11.4. The van der Waals surface area contributed by atoms with Crippen LogP contribution in [0.1, 0.15) is 23.7 Å². The largest absolute Gasteiger partial charge is 0.357 e. The number of imidazole rings is 1. The Kier molecular flexibility index (Phi) is 7.84. The predicted octanol–water partition coefficient (Wildman–Crippen LogP) is 2.98. The molecule has 0 atom stereocenters. The fourth-order valence-electron chi connectivity index (χ4n) is 2.77. The van der Waals surface area contributed by atoms with Gasteiger partial charge in [-0.25, -0.2) is 18.4 Å². The predicted molar refractivity (Wildman–Crippen MR) is 124 cm³/mol. The normalized spacial score (nSPS) is 12.0. The third-order valence-corrected chi connectivity index (χ3v) is 6.01. The van der Waals surface area contributed by atoms with E-state index < -0.39 is 9.84 Å². The van der Waals surface area contributed by atoms with Gasteiger partial charge < -0.3 is 10.6 Å². The Bertz CT molecular complexity index is 1040. The summed E-state index contributed by atoms with van der Waals surface area (Å²) >= 11 is 1.60. The lowest BCUT2D eigenvalue weighted by Crippen LogP contribution is -2.36. The molecule has 0 radical (unpaired) electrons. The molecule has 0 saturated heterocycles. The zero-order valence-corrected chi connectivity index (χ0v) is 19.9. The van der Waals surface area contributed by atoms with E-state index >= 15 is 0 Å². The summed E-state index contributed by atoms with van der Waals surface area (Å²) in [5.41, 5.74) is 2.64. The first kappa shape index (κ1) is 22.6. The highest BCUT2D eigenvalue weighted by Gasteiger charge is 2.11. The van der Waals surface area contributed by atoms with E-state index in [9.17, 15) is 8.42 Å². The lowest BCUT2D eigenvalue weighted by molar-refractivity contribution is 0.601. The SMILES string of the molecule is CCNC(=NCc1ccc(S(C)(=O)=O)c(C)c1)NCc1cn2ccsc2n1.I. The number of guanidine groups is 1. The number of aliphatic imine (C=N–C) groups is 1. The van der Waals surface area contributed by atoms with Crippen LogP contribution in [0.3, 0.4) is 0 Å². The molecule has 28 heavy (non-hydrogen) atoms. The summed E-state index contributed by atoms with van der Waals surface area (Å²) in [5.74, 6) is 0.693. The van der Waals surface area contributed by atoms with Crippen LogP contribution in [0.2, 0.25) is 0 Å². The van der Waals surface area contributed by atoms with E-state index in [4.69, 9.17) is 0 Å². The number of aromatic nitrogens is 2. The van der Waals surface area contributed by atoms with Crippen molar-refractivity contribution < 1.29 is 8.42 Å². The van der Waals surface area contributed by atoms with Crippen molar-refractivity contribution in [3.8, 4) is 0 Å². The first-order chi connectivity index (χ1) is 12.9. The Balaban J connectivity index is 0.00000280. The van der Waals surface area contributed by atoms with Crippen LogP contribution in [-0.2, 0) is 22.9 Å². The zero-order valence-electron chi connectivity index (χ0n) is 16.0. The van der Waals surface area contributed by atoms with Crippen molar-refractivity contribution in [3.05, 3.63) is 52.8 Å². The molecule has 0 unspecified atom stereocenters. The zero-order chi connectivity index (χ0) is 19.4. The number of thiazole rings is 1. The number of sulfone groups is 1. The third kappa shape index (κ3) is 5.67. The Morgan fingerprint density at radius 2 is 2.11 bits per heavy atom. The summed E-state index contributed by atoms with van der Waals surface area (Å²) in [7, 11) is -3.20. The van der Waals surface area contributed by atoms with E-state index in [1.54, 1.807) is 30.4 Å². The average molecular weight is 533 g/mol. The molecule has 0 bridgehead atoms. The minimum Gasteiger partial charge on any atom is -0.357 e. The molecule has 0 fully saturated rings. The van der Waals surface area contributed by atoms with Gasteiger partial charge in [0.25, 0.3) is 0 Å². The van der Waals surface area contributed by atoms with Gasteiger partial charge in [-0.3, -0.25) is 4.40 Å². The molecular weight excluding hydrogens is 509 g/mol. The van der Waals surface area contributed by atoms with Gasteiger partial charge in [-0.05, 0) is 31.0 Å². The second kappa shape index (κ2) is 9.70. The lowest BCUT2D eigenvalue weighted by Gasteiger charge is -2.11. The summed E-state index contributed by atoms with van der Waals surface area (Å²) in [6.45, 7) is 5.59. The summed E-state index contributed by atoms with van der Waals surface area (Å²) in [4.78, 5) is 10.5. The van der Waals surface area contributed by atoms with Crippen molar-refractivity contribution in [2.75, 3.05) is 12.8 Å². The quantitative estimate of drug-likeness (QED) is 0.289. The molecule has 2 N–H and O–H groups in total. The van der Waals surface area contributed by atoms with Gasteiger partial charge in [0.1, 0.15) is 0 Å². The highest BCUT2D eigenvalue weighted by atomic mass is 127. The molecule has 2 aromatic heterocycles. The van der Waals surface area contributed by atoms with Crippen molar-refractivity contribution in [1.82, 2.24) is 20.0 Å². The van der Waals surface area contributed by atoms with Gasteiger partial charge in [-0.2, -0.15) is 0 Å². The number of hydrogen-bond acceptors (Lipinski definition) is 5. The Hall–Kier alpha value is -1.66. The van der Waals surface area contributed by atoms with Crippen molar-refractivity contribution >= 4 is 56.1 Å². The van der Waals surface area contributed by atoms with Gasteiger partial charge in [-0.1, -0.05) is 12.1 Å². The Morgan fingerprint density at radius 1 is 1.32 bits per heavy atom. The molecule has 152 valence electrons. The van der Waals surface area contributed by atoms with Gasteiger partial charge in [-0.15, -0.1) is 35.3 Å². The number of benzene rings is 1. The van der Waals surface area contributed by atoms with E-state index in [0.717, 1.165) is 28.3 Å². The number of rotatable bonds is 6. The molecule has 10 heteroatoms. The summed E-state index contributed by atoms with van der Waals surface area (Å²) < 4.78 is 25.5. The molecule has 1 aromatic carbocycles. The molecular formula is C18H24IN5O2S2. The van der Waals surface area contributed by atoms with Crippen molar-refractivity contribution in [1.29, 1.82) is 0 Å². The van der Waals surface area contributed by atoms with Gasteiger partial charge >= 0.3 is 0 Å². The Labute approximate surface area is 186 Å². The molecule has 0 aliphatic carbocycles. The standard InChI is InChI=1S/C18H23N5O2S2.HI/c1-4-19-17(21-11-15-12-23-7-8-26-18(23)22-15)20-10-14-5-6-16(13(2)9-14)27(3,24)25;/h5-9,12H,4,10-11H2,1-3H3,(H2,19,20,21);1H. The number of nitrogens with one attached hydrogen (secondary N) is 2. The molecule has 0 aliphatic rings. The van der Waals surface area contributed by atoms with Crippen LogP contribution in [0.5, 0.6) is 0 Å². The number of halogens is 1. The fourth-order valence-corrected chi connectivity index (χ4v) is 4.45. The highest BCUT2D eigenvalue weighted by Crippen LogP contribution is 2.17. The van der Waals surface area contributed by atoms with E-state index in [0.29, 0.717) is 23.9 Å². The summed E-state index contributed by atoms with van der Waals surface area (Å²) in [6, 6.07) is 5.32. The maximum absolute atomic E-state index is 11.7. The number of aryl methyl sites for hydroxylation is 1. The monoisotopic (exact) mass is 533 g/mol. The topological polar surface area (TPSA) is 87.9 Å². The van der Waals surface area contributed by atoms with E-state index in [1.165, 1.54) is 6.26 Å². The van der Waals surface area contributed by atoms with Crippen molar-refractivity contribution in [2.45, 2.75) is 31.8 Å². The smallest absolute Gasteiger partial charge is 0.193 e. The number of nitrogens with zero attached hydrogens (tertiary/aromatic N) is 3.